The van der Waals surface area contributed by atoms with Gasteiger partial charge in [-0.2, -0.15) is 0 Å². The normalized spacial score (nSPS) is 16.3. The molecule has 3 aromatic carbocycles. The highest BCUT2D eigenvalue weighted by Gasteiger charge is 2.54. The zero-order chi connectivity index (χ0) is 31.9. The van der Waals surface area contributed by atoms with Gasteiger partial charge in [-0.05, 0) is 72.0 Å². The average molecular weight is 609 g/mol. The molecule has 3 atom stereocenters. The first-order valence-electron chi connectivity index (χ1n) is 14.6. The number of hydrogen-bond acceptors (Lipinski definition) is 7. The lowest BCUT2D eigenvalue weighted by molar-refractivity contribution is -0.165. The molecule has 45 heavy (non-hydrogen) atoms. The van der Waals surface area contributed by atoms with Crippen LogP contribution in [0.2, 0.25) is 0 Å². The quantitative estimate of drug-likeness (QED) is 0.210. The highest BCUT2D eigenvalue weighted by atomic mass is 16.5. The van der Waals surface area contributed by atoms with Crippen molar-refractivity contribution in [2.24, 2.45) is 5.92 Å². The van der Waals surface area contributed by atoms with Gasteiger partial charge in [0.2, 0.25) is 5.91 Å². The minimum Gasteiger partial charge on any atom is -0.497 e. The van der Waals surface area contributed by atoms with Gasteiger partial charge in [-0.15, -0.1) is 0 Å². The van der Waals surface area contributed by atoms with Gasteiger partial charge < -0.3 is 24.8 Å². The van der Waals surface area contributed by atoms with Gasteiger partial charge in [-0.1, -0.05) is 54.6 Å². The molecule has 1 aliphatic rings. The third-order valence-corrected chi connectivity index (χ3v) is 7.98. The van der Waals surface area contributed by atoms with E-state index in [-0.39, 0.29) is 6.42 Å². The summed E-state index contributed by atoms with van der Waals surface area (Å²) in [4.78, 5) is 46.0. The Bertz CT molecular complexity index is 1580. The number of aromatic nitrogens is 1. The number of ether oxygens (including phenoxy) is 2. The number of likely N-dealkylation sites (tertiary alicyclic amines) is 1. The third kappa shape index (κ3) is 7.23. The standard InChI is InChI=1S/C35H36N4O6/c1-23(27-7-5-4-6-8-27)37-35(43)39-32(34(41)42)30(33(39)40)19-26-17-18-36-31(20-26)38(21-24-9-13-28(44-2)14-10-24)22-25-11-15-29(45-3)16-12-25/h4-18,20,23,30,32H,19,21-22H2,1-3H3,(H,37,43)(H,41,42)/t23?,30-,32+/m1/s1. The maximum Gasteiger partial charge on any atom is 0.327 e. The van der Waals surface area contributed by atoms with E-state index in [2.05, 4.69) is 15.2 Å². The van der Waals surface area contributed by atoms with Gasteiger partial charge in [0, 0.05) is 19.3 Å². The monoisotopic (exact) mass is 608 g/mol. The molecule has 1 aliphatic heterocycles. The lowest BCUT2D eigenvalue weighted by atomic mass is 9.82. The fourth-order valence-corrected chi connectivity index (χ4v) is 5.47. The molecule has 1 saturated heterocycles. The van der Waals surface area contributed by atoms with Crippen LogP contribution in [-0.2, 0) is 29.1 Å². The summed E-state index contributed by atoms with van der Waals surface area (Å²) in [5.74, 6) is -0.438. The Kier molecular flexibility index (Phi) is 9.62. The van der Waals surface area contributed by atoms with Crippen LogP contribution in [0.5, 0.6) is 11.5 Å². The molecule has 3 amide bonds. The summed E-state index contributed by atoms with van der Waals surface area (Å²) >= 11 is 0. The van der Waals surface area contributed by atoms with E-state index < -0.39 is 35.9 Å². The van der Waals surface area contributed by atoms with Crippen molar-refractivity contribution in [3.63, 3.8) is 0 Å². The predicted molar refractivity (Wildman–Crippen MR) is 169 cm³/mol. The molecule has 0 saturated carbocycles. The van der Waals surface area contributed by atoms with Crippen LogP contribution in [0, 0.1) is 5.92 Å². The molecule has 1 fully saturated rings. The van der Waals surface area contributed by atoms with Crippen LogP contribution in [0.15, 0.2) is 97.2 Å². The van der Waals surface area contributed by atoms with Crippen molar-refractivity contribution in [2.45, 2.75) is 38.5 Å². The first kappa shape index (κ1) is 31.1. The number of urea groups is 1. The Balaban J connectivity index is 1.33. The smallest absolute Gasteiger partial charge is 0.327 e. The first-order valence-corrected chi connectivity index (χ1v) is 14.6. The number of imide groups is 1. The molecule has 5 rings (SSSR count). The molecular weight excluding hydrogens is 572 g/mol. The van der Waals surface area contributed by atoms with E-state index in [0.717, 1.165) is 38.7 Å². The maximum absolute atomic E-state index is 13.2. The van der Waals surface area contributed by atoms with Crippen molar-refractivity contribution in [1.82, 2.24) is 15.2 Å². The second-order valence-electron chi connectivity index (χ2n) is 11.0. The van der Waals surface area contributed by atoms with E-state index in [0.29, 0.717) is 18.9 Å². The molecule has 10 nitrogen and oxygen atoms in total. The number of methoxy groups -OCH3 is 2. The number of rotatable bonds is 12. The average Bonchev–Trinajstić information content (AvgIpc) is 3.06. The number of carboxylic acids is 1. The van der Waals surface area contributed by atoms with Crippen molar-refractivity contribution >= 4 is 23.7 Å². The van der Waals surface area contributed by atoms with Crippen molar-refractivity contribution < 1.29 is 29.0 Å². The summed E-state index contributed by atoms with van der Waals surface area (Å²) in [6.07, 6.45) is 1.81. The molecule has 0 spiro atoms. The number of anilines is 1. The van der Waals surface area contributed by atoms with E-state index in [1.807, 2.05) is 84.9 Å². The van der Waals surface area contributed by atoms with Gasteiger partial charge in [0.15, 0.2) is 6.04 Å². The summed E-state index contributed by atoms with van der Waals surface area (Å²) in [5, 5.41) is 12.8. The van der Waals surface area contributed by atoms with Gasteiger partial charge in [-0.3, -0.25) is 4.79 Å². The molecule has 232 valence electrons. The second-order valence-corrected chi connectivity index (χ2v) is 11.0. The van der Waals surface area contributed by atoms with Gasteiger partial charge >= 0.3 is 12.0 Å². The summed E-state index contributed by atoms with van der Waals surface area (Å²) < 4.78 is 10.6. The van der Waals surface area contributed by atoms with Crippen molar-refractivity contribution in [3.05, 3.63) is 119 Å². The van der Waals surface area contributed by atoms with Crippen LogP contribution in [0.3, 0.4) is 0 Å². The fraction of sp³-hybridized carbons (Fsp3) is 0.257. The number of pyridine rings is 1. The van der Waals surface area contributed by atoms with E-state index in [1.54, 1.807) is 33.4 Å². The summed E-state index contributed by atoms with van der Waals surface area (Å²) in [6.45, 7) is 2.87. The SMILES string of the molecule is COc1ccc(CN(Cc2ccc(OC)cc2)c2cc(C[C@H]3C(=O)N(C(=O)NC(C)c4ccccc4)[C@@H]3C(=O)O)ccn2)cc1. The molecule has 1 aromatic heterocycles. The highest BCUT2D eigenvalue weighted by molar-refractivity contribution is 6.07. The molecule has 10 heteroatoms. The highest BCUT2D eigenvalue weighted by Crippen LogP contribution is 2.32. The topological polar surface area (TPSA) is 121 Å². The first-order chi connectivity index (χ1) is 21.8. The van der Waals surface area contributed by atoms with Crippen LogP contribution in [0.4, 0.5) is 10.6 Å². The van der Waals surface area contributed by atoms with Gasteiger partial charge in [0.05, 0.1) is 26.2 Å². The van der Waals surface area contributed by atoms with E-state index in [4.69, 9.17) is 9.47 Å². The Morgan fingerprint density at radius 3 is 2.00 bits per heavy atom. The minimum atomic E-state index is -1.27. The number of β-lactam (4-membered cyclic amide) rings is 1. The molecule has 1 unspecified atom stereocenters. The Morgan fingerprint density at radius 1 is 0.889 bits per heavy atom. The zero-order valence-corrected chi connectivity index (χ0v) is 25.4. The summed E-state index contributed by atoms with van der Waals surface area (Å²) in [7, 11) is 3.25. The Hall–Kier alpha value is -5.38. The lowest BCUT2D eigenvalue weighted by Gasteiger charge is -2.43. The number of nitrogens with zero attached hydrogens (tertiary/aromatic N) is 3. The van der Waals surface area contributed by atoms with Crippen molar-refractivity contribution in [2.75, 3.05) is 19.1 Å². The molecule has 2 heterocycles. The number of amides is 3. The number of carbonyl (C=O) groups is 3. The molecule has 0 radical (unpaired) electrons. The molecule has 0 aliphatic carbocycles. The van der Waals surface area contributed by atoms with Crippen LogP contribution < -0.4 is 19.7 Å². The Morgan fingerprint density at radius 2 is 1.47 bits per heavy atom. The van der Waals surface area contributed by atoms with E-state index >= 15 is 0 Å². The molecule has 0 bridgehead atoms. The van der Waals surface area contributed by atoms with Crippen LogP contribution in [0.25, 0.3) is 0 Å². The van der Waals surface area contributed by atoms with E-state index in [9.17, 15) is 19.5 Å². The van der Waals surface area contributed by atoms with Crippen LogP contribution in [0.1, 0.15) is 35.2 Å². The van der Waals surface area contributed by atoms with Crippen LogP contribution >= 0.6 is 0 Å². The zero-order valence-electron chi connectivity index (χ0n) is 25.4. The second kappa shape index (κ2) is 13.9. The van der Waals surface area contributed by atoms with Crippen LogP contribution in [-0.4, -0.2) is 53.2 Å². The number of nitrogens with one attached hydrogen (secondary N) is 1. The van der Waals surface area contributed by atoms with Gasteiger partial charge in [-0.25, -0.2) is 19.5 Å². The predicted octanol–water partition coefficient (Wildman–Crippen LogP) is 5.23. The maximum atomic E-state index is 13.2. The molecule has 2 N–H and O–H groups in total. The lowest BCUT2D eigenvalue weighted by Crippen LogP contribution is -2.68. The Labute approximate surface area is 262 Å². The number of aliphatic carboxylic acids is 1. The third-order valence-electron chi connectivity index (χ3n) is 7.98. The van der Waals surface area contributed by atoms with Crippen molar-refractivity contribution in [1.29, 1.82) is 0 Å². The van der Waals surface area contributed by atoms with Gasteiger partial charge in [0.1, 0.15) is 17.3 Å². The summed E-state index contributed by atoms with van der Waals surface area (Å²) in [5.41, 5.74) is 3.68. The number of carbonyl (C=O) groups excluding carboxylic acids is 2. The largest absolute Gasteiger partial charge is 0.497 e. The molecular formula is C35H36N4O6. The molecule has 4 aromatic rings. The van der Waals surface area contributed by atoms with Gasteiger partial charge in [0.25, 0.3) is 0 Å². The minimum absolute atomic E-state index is 0.155. The van der Waals surface area contributed by atoms with Crippen molar-refractivity contribution in [3.8, 4) is 11.5 Å². The summed E-state index contributed by atoms with van der Waals surface area (Å²) in [6, 6.07) is 26.1. The number of hydrogen-bond donors (Lipinski definition) is 2. The fourth-order valence-electron chi connectivity index (χ4n) is 5.47. The van der Waals surface area contributed by atoms with E-state index in [1.165, 1.54) is 0 Å². The number of benzene rings is 3. The number of carboxylic acid groups (broad SMARTS) is 1.